The summed E-state index contributed by atoms with van der Waals surface area (Å²) in [4.78, 5) is 26.9. The Bertz CT molecular complexity index is 1260. The van der Waals surface area contributed by atoms with E-state index in [0.717, 1.165) is 17.7 Å². The lowest BCUT2D eigenvalue weighted by molar-refractivity contribution is -0.116. The van der Waals surface area contributed by atoms with Gasteiger partial charge in [-0.3, -0.25) is 14.3 Å². The maximum atomic E-state index is 13.1. The molecular formula is C25H26FN3O4S. The van der Waals surface area contributed by atoms with Crippen LogP contribution in [0.15, 0.2) is 77.7 Å². The number of benzene rings is 3. The van der Waals surface area contributed by atoms with Gasteiger partial charge in [0.05, 0.1) is 4.90 Å². The number of sulfonamides is 1. The van der Waals surface area contributed by atoms with Gasteiger partial charge in [0.1, 0.15) is 12.4 Å². The van der Waals surface area contributed by atoms with Gasteiger partial charge in [0, 0.05) is 23.5 Å². The Balaban J connectivity index is 1.68. The number of para-hydroxylation sites is 1. The smallest absolute Gasteiger partial charge is 0.261 e. The van der Waals surface area contributed by atoms with Gasteiger partial charge in [-0.1, -0.05) is 25.1 Å². The number of aryl methyl sites for hydroxylation is 1. The largest absolute Gasteiger partial charge is 0.329 e. The van der Waals surface area contributed by atoms with Crippen LogP contribution in [0.25, 0.3) is 0 Å². The molecule has 0 saturated heterocycles. The molecule has 3 aromatic carbocycles. The maximum absolute atomic E-state index is 13.1. The van der Waals surface area contributed by atoms with Crippen LogP contribution in [0.4, 0.5) is 15.8 Å². The molecule has 0 bridgehead atoms. The van der Waals surface area contributed by atoms with E-state index < -0.39 is 15.8 Å². The van der Waals surface area contributed by atoms with Crippen LogP contribution in [0.3, 0.4) is 0 Å². The number of carbonyl (C=O) groups is 2. The van der Waals surface area contributed by atoms with Gasteiger partial charge in [0.25, 0.3) is 15.9 Å². The molecule has 0 atom stereocenters. The van der Waals surface area contributed by atoms with Gasteiger partial charge in [0.15, 0.2) is 0 Å². The lowest BCUT2D eigenvalue weighted by atomic mass is 10.1. The van der Waals surface area contributed by atoms with Crippen LogP contribution in [-0.4, -0.2) is 38.2 Å². The third-order valence-corrected chi connectivity index (χ3v) is 6.44. The van der Waals surface area contributed by atoms with Gasteiger partial charge in [-0.25, -0.2) is 12.8 Å². The molecule has 178 valence electrons. The molecule has 0 aromatic heterocycles. The molecule has 3 rings (SSSR count). The summed E-state index contributed by atoms with van der Waals surface area (Å²) in [6, 6.07) is 17.8. The Kier molecular flexibility index (Phi) is 8.01. The lowest BCUT2D eigenvalue weighted by Gasteiger charge is -2.22. The van der Waals surface area contributed by atoms with Crippen molar-refractivity contribution in [3.63, 3.8) is 0 Å². The molecular weight excluding hydrogens is 457 g/mol. The van der Waals surface area contributed by atoms with Gasteiger partial charge in [-0.05, 0) is 73.5 Å². The molecule has 0 aliphatic carbocycles. The van der Waals surface area contributed by atoms with Gasteiger partial charge >= 0.3 is 0 Å². The number of nitrogens with one attached hydrogen (secondary N) is 2. The van der Waals surface area contributed by atoms with Gasteiger partial charge in [-0.15, -0.1) is 0 Å². The molecule has 0 radical (unpaired) electrons. The molecule has 9 heteroatoms. The first-order valence-corrected chi connectivity index (χ1v) is 12.2. The highest BCUT2D eigenvalue weighted by Crippen LogP contribution is 2.18. The van der Waals surface area contributed by atoms with Crippen LogP contribution in [0.1, 0.15) is 29.3 Å². The number of hydrogen-bond acceptors (Lipinski definition) is 4. The average Bonchev–Trinajstić information content (AvgIpc) is 2.80. The zero-order valence-corrected chi connectivity index (χ0v) is 19.7. The molecule has 0 unspecified atom stereocenters. The number of nitrogens with zero attached hydrogens (tertiary/aromatic N) is 1. The van der Waals surface area contributed by atoms with Crippen molar-refractivity contribution < 1.29 is 22.4 Å². The minimum absolute atomic E-state index is 0.0807. The number of carbonyl (C=O) groups excluding carboxylic acids is 2. The highest BCUT2D eigenvalue weighted by Gasteiger charge is 2.19. The molecule has 34 heavy (non-hydrogen) atoms. The standard InChI is InChI=1S/C25H26FN3O4S/c1-3-16-29(17-24(30)27-23-7-5-4-6-18(23)2)25(31)19-8-12-21(13-9-19)28-34(32,33)22-14-10-20(26)11-15-22/h4-15,28H,3,16-17H2,1-2H3,(H,27,30). The maximum Gasteiger partial charge on any atom is 0.261 e. The van der Waals surface area contributed by atoms with Crippen molar-refractivity contribution in [2.75, 3.05) is 23.1 Å². The molecule has 0 heterocycles. The minimum atomic E-state index is -3.90. The average molecular weight is 484 g/mol. The summed E-state index contributed by atoms with van der Waals surface area (Å²) in [5.41, 5.74) is 2.18. The number of amides is 2. The summed E-state index contributed by atoms with van der Waals surface area (Å²) in [5, 5.41) is 2.83. The van der Waals surface area contributed by atoms with Gasteiger partial charge in [-0.2, -0.15) is 0 Å². The summed E-state index contributed by atoms with van der Waals surface area (Å²) in [5.74, 6) is -1.18. The second-order valence-electron chi connectivity index (χ2n) is 7.73. The van der Waals surface area contributed by atoms with Crippen LogP contribution in [0, 0.1) is 12.7 Å². The van der Waals surface area contributed by atoms with Crippen molar-refractivity contribution in [2.24, 2.45) is 0 Å². The molecule has 3 aromatic rings. The van der Waals surface area contributed by atoms with E-state index in [4.69, 9.17) is 0 Å². The predicted molar refractivity (Wildman–Crippen MR) is 130 cm³/mol. The summed E-state index contributed by atoms with van der Waals surface area (Å²) >= 11 is 0. The molecule has 0 spiro atoms. The second-order valence-corrected chi connectivity index (χ2v) is 9.41. The van der Waals surface area contributed by atoms with Crippen molar-refractivity contribution in [3.05, 3.63) is 89.7 Å². The first-order valence-electron chi connectivity index (χ1n) is 10.7. The van der Waals surface area contributed by atoms with Crippen LogP contribution in [-0.2, 0) is 14.8 Å². The van der Waals surface area contributed by atoms with Crippen molar-refractivity contribution in [3.8, 4) is 0 Å². The molecule has 0 aliphatic rings. The van der Waals surface area contributed by atoms with Crippen LogP contribution >= 0.6 is 0 Å². The normalized spacial score (nSPS) is 11.0. The van der Waals surface area contributed by atoms with E-state index in [9.17, 15) is 22.4 Å². The van der Waals surface area contributed by atoms with Crippen LogP contribution in [0.5, 0.6) is 0 Å². The third kappa shape index (κ3) is 6.41. The highest BCUT2D eigenvalue weighted by molar-refractivity contribution is 7.92. The highest BCUT2D eigenvalue weighted by atomic mass is 32.2. The molecule has 0 fully saturated rings. The first-order chi connectivity index (χ1) is 16.2. The molecule has 2 N–H and O–H groups in total. The van der Waals surface area contributed by atoms with Gasteiger partial charge < -0.3 is 10.2 Å². The number of rotatable bonds is 9. The van der Waals surface area contributed by atoms with Crippen molar-refractivity contribution in [1.29, 1.82) is 0 Å². The van der Waals surface area contributed by atoms with E-state index in [1.54, 1.807) is 6.07 Å². The number of halogens is 1. The van der Waals surface area contributed by atoms with E-state index in [2.05, 4.69) is 10.0 Å². The first kappa shape index (κ1) is 24.9. The van der Waals surface area contributed by atoms with Crippen molar-refractivity contribution in [1.82, 2.24) is 4.90 Å². The Labute approximate surface area is 198 Å². The Hall–Kier alpha value is -3.72. The molecule has 2 amide bonds. The number of anilines is 2. The molecule has 0 aliphatic heterocycles. The lowest BCUT2D eigenvalue weighted by Crippen LogP contribution is -2.38. The summed E-state index contributed by atoms with van der Waals surface area (Å²) < 4.78 is 40.4. The van der Waals surface area contributed by atoms with Crippen molar-refractivity contribution >= 4 is 33.2 Å². The van der Waals surface area contributed by atoms with E-state index >= 15 is 0 Å². The fourth-order valence-electron chi connectivity index (χ4n) is 3.29. The summed E-state index contributed by atoms with van der Waals surface area (Å²) in [6.45, 7) is 4.07. The summed E-state index contributed by atoms with van der Waals surface area (Å²) in [6.07, 6.45) is 0.666. The Morgan fingerprint density at radius 1 is 0.941 bits per heavy atom. The quantitative estimate of drug-likeness (QED) is 0.471. The Morgan fingerprint density at radius 3 is 2.21 bits per heavy atom. The summed E-state index contributed by atoms with van der Waals surface area (Å²) in [7, 11) is -3.90. The molecule has 0 saturated carbocycles. The minimum Gasteiger partial charge on any atom is -0.329 e. The monoisotopic (exact) mass is 483 g/mol. The van der Waals surface area contributed by atoms with Gasteiger partial charge in [0.2, 0.25) is 5.91 Å². The number of hydrogen-bond donors (Lipinski definition) is 2. The van der Waals surface area contributed by atoms with Crippen molar-refractivity contribution in [2.45, 2.75) is 25.2 Å². The molecule has 7 nitrogen and oxygen atoms in total. The van der Waals surface area contributed by atoms with E-state index in [0.29, 0.717) is 24.2 Å². The zero-order valence-electron chi connectivity index (χ0n) is 18.9. The SMILES string of the molecule is CCCN(CC(=O)Nc1ccccc1C)C(=O)c1ccc(NS(=O)(=O)c2ccc(F)cc2)cc1. The fourth-order valence-corrected chi connectivity index (χ4v) is 4.35. The predicted octanol–water partition coefficient (Wildman–Crippen LogP) is 4.43. The second kappa shape index (κ2) is 10.9. The Morgan fingerprint density at radius 2 is 1.59 bits per heavy atom. The topological polar surface area (TPSA) is 95.6 Å². The van der Waals surface area contributed by atoms with Crippen LogP contribution < -0.4 is 10.0 Å². The zero-order chi connectivity index (χ0) is 24.7. The third-order valence-electron chi connectivity index (χ3n) is 5.04. The van der Waals surface area contributed by atoms with E-state index in [1.807, 2.05) is 32.0 Å². The van der Waals surface area contributed by atoms with Crippen LogP contribution in [0.2, 0.25) is 0 Å². The van der Waals surface area contributed by atoms with E-state index in [1.165, 1.54) is 41.3 Å². The fraction of sp³-hybridized carbons (Fsp3) is 0.200. The van der Waals surface area contributed by atoms with E-state index in [-0.39, 0.29) is 28.9 Å².